The van der Waals surface area contributed by atoms with Crippen LogP contribution in [-0.4, -0.2) is 58.7 Å². The highest BCUT2D eigenvalue weighted by Crippen LogP contribution is 2.25. The normalized spacial score (nSPS) is 14.9. The molecule has 8 heteroatoms. The summed E-state index contributed by atoms with van der Waals surface area (Å²) < 4.78 is 38.8. The Morgan fingerprint density at radius 2 is 1.59 bits per heavy atom. The third-order valence-corrected chi connectivity index (χ3v) is 5.92. The third-order valence-electron chi connectivity index (χ3n) is 4.73. The monoisotopic (exact) mass is 391 g/mol. The van der Waals surface area contributed by atoms with Crippen LogP contribution in [-0.2, 0) is 10.0 Å². The molecule has 144 valence electrons. The molecule has 1 fully saturated rings. The minimum atomic E-state index is -3.48. The number of sulfonamides is 1. The number of benzene rings is 2. The van der Waals surface area contributed by atoms with Gasteiger partial charge in [-0.1, -0.05) is 24.3 Å². The van der Waals surface area contributed by atoms with Gasteiger partial charge in [0.25, 0.3) is 5.91 Å². The van der Waals surface area contributed by atoms with Gasteiger partial charge in [-0.25, -0.2) is 12.8 Å². The number of anilines is 2. The van der Waals surface area contributed by atoms with Crippen molar-refractivity contribution in [2.75, 3.05) is 48.7 Å². The summed E-state index contributed by atoms with van der Waals surface area (Å²) in [5.74, 6) is -0.508. The van der Waals surface area contributed by atoms with Gasteiger partial charge in [0.15, 0.2) is 0 Å². The maximum atomic E-state index is 14.0. The van der Waals surface area contributed by atoms with Crippen molar-refractivity contribution in [3.05, 3.63) is 59.9 Å². The molecule has 0 N–H and O–H groups in total. The Morgan fingerprint density at radius 1 is 1.00 bits per heavy atom. The van der Waals surface area contributed by atoms with Crippen molar-refractivity contribution in [3.8, 4) is 0 Å². The van der Waals surface area contributed by atoms with E-state index in [0.29, 0.717) is 43.1 Å². The van der Waals surface area contributed by atoms with E-state index < -0.39 is 10.0 Å². The van der Waals surface area contributed by atoms with Gasteiger partial charge in [-0.15, -0.1) is 0 Å². The fraction of sp³-hybridized carbons (Fsp3) is 0.316. The number of hydrogen-bond donors (Lipinski definition) is 0. The van der Waals surface area contributed by atoms with Crippen molar-refractivity contribution in [3.63, 3.8) is 0 Å². The zero-order valence-electron chi connectivity index (χ0n) is 15.3. The van der Waals surface area contributed by atoms with E-state index in [9.17, 15) is 17.6 Å². The molecule has 1 aliphatic heterocycles. The van der Waals surface area contributed by atoms with Crippen molar-refractivity contribution >= 4 is 27.3 Å². The molecule has 2 aromatic carbocycles. The molecule has 0 radical (unpaired) electrons. The van der Waals surface area contributed by atoms with Crippen molar-refractivity contribution in [2.45, 2.75) is 0 Å². The minimum absolute atomic E-state index is 0.228. The lowest BCUT2D eigenvalue weighted by molar-refractivity contribution is 0.0747. The van der Waals surface area contributed by atoms with E-state index in [1.807, 2.05) is 4.90 Å². The third kappa shape index (κ3) is 4.05. The van der Waals surface area contributed by atoms with E-state index >= 15 is 0 Å². The highest BCUT2D eigenvalue weighted by molar-refractivity contribution is 7.92. The summed E-state index contributed by atoms with van der Waals surface area (Å²) in [6.07, 6.45) is 1.10. The first-order valence-corrected chi connectivity index (χ1v) is 10.5. The molecular formula is C19H22FN3O3S. The first-order valence-electron chi connectivity index (χ1n) is 8.60. The van der Waals surface area contributed by atoms with E-state index in [1.165, 1.54) is 13.1 Å². The second kappa shape index (κ2) is 7.56. The second-order valence-corrected chi connectivity index (χ2v) is 8.49. The van der Waals surface area contributed by atoms with Crippen LogP contribution in [0.2, 0.25) is 0 Å². The van der Waals surface area contributed by atoms with Crippen molar-refractivity contribution < 1.29 is 17.6 Å². The molecule has 2 aromatic rings. The van der Waals surface area contributed by atoms with Crippen LogP contribution >= 0.6 is 0 Å². The lowest BCUT2D eigenvalue weighted by Gasteiger charge is -2.36. The zero-order valence-corrected chi connectivity index (χ0v) is 16.1. The van der Waals surface area contributed by atoms with Crippen LogP contribution < -0.4 is 9.21 Å². The Bertz CT molecular complexity index is 941. The highest BCUT2D eigenvalue weighted by Gasteiger charge is 2.26. The molecule has 1 saturated heterocycles. The van der Waals surface area contributed by atoms with Gasteiger partial charge in [0.1, 0.15) is 5.82 Å². The Hall–Kier alpha value is -2.61. The molecule has 1 amide bonds. The van der Waals surface area contributed by atoms with E-state index in [0.717, 1.165) is 10.6 Å². The Labute approximate surface area is 158 Å². The van der Waals surface area contributed by atoms with Gasteiger partial charge in [0.2, 0.25) is 10.0 Å². The highest BCUT2D eigenvalue weighted by atomic mass is 32.2. The Balaban J connectivity index is 1.76. The van der Waals surface area contributed by atoms with E-state index in [4.69, 9.17) is 0 Å². The van der Waals surface area contributed by atoms with Crippen LogP contribution in [0.5, 0.6) is 0 Å². The first-order chi connectivity index (χ1) is 12.8. The summed E-state index contributed by atoms with van der Waals surface area (Å²) in [6.45, 7) is 1.89. The number of carbonyl (C=O) groups is 1. The number of hydrogen-bond acceptors (Lipinski definition) is 4. The molecule has 3 rings (SSSR count). The molecular weight excluding hydrogens is 369 g/mol. The Kier molecular flexibility index (Phi) is 5.36. The number of para-hydroxylation sites is 2. The number of halogens is 1. The van der Waals surface area contributed by atoms with Gasteiger partial charge >= 0.3 is 0 Å². The van der Waals surface area contributed by atoms with Crippen molar-refractivity contribution in [1.29, 1.82) is 0 Å². The van der Waals surface area contributed by atoms with Crippen molar-refractivity contribution in [2.24, 2.45) is 0 Å². The summed E-state index contributed by atoms with van der Waals surface area (Å²) in [5.41, 5.74) is 1.22. The Morgan fingerprint density at radius 3 is 2.22 bits per heavy atom. The average Bonchev–Trinajstić information content (AvgIpc) is 2.67. The lowest BCUT2D eigenvalue weighted by atomic mass is 10.1. The summed E-state index contributed by atoms with van der Waals surface area (Å²) >= 11 is 0. The molecule has 0 atom stereocenters. The predicted molar refractivity (Wildman–Crippen MR) is 104 cm³/mol. The molecule has 27 heavy (non-hydrogen) atoms. The number of piperazine rings is 1. The lowest BCUT2D eigenvalue weighted by Crippen LogP contribution is -2.49. The maximum absolute atomic E-state index is 14.0. The number of carbonyl (C=O) groups excluding carboxylic acids is 1. The van der Waals surface area contributed by atoms with E-state index in [2.05, 4.69) is 0 Å². The first kappa shape index (κ1) is 19.2. The summed E-state index contributed by atoms with van der Waals surface area (Å²) in [7, 11) is -2.05. The largest absolute Gasteiger partial charge is 0.366 e. The summed E-state index contributed by atoms with van der Waals surface area (Å²) in [5, 5.41) is 0. The van der Waals surface area contributed by atoms with E-state index in [1.54, 1.807) is 47.4 Å². The summed E-state index contributed by atoms with van der Waals surface area (Å²) in [4.78, 5) is 16.6. The quantitative estimate of drug-likeness (QED) is 0.802. The van der Waals surface area contributed by atoms with Crippen LogP contribution in [0.3, 0.4) is 0 Å². The molecule has 1 heterocycles. The summed E-state index contributed by atoms with van der Waals surface area (Å²) in [6, 6.07) is 13.2. The molecule has 0 saturated carbocycles. The van der Waals surface area contributed by atoms with Gasteiger partial charge in [-0.3, -0.25) is 9.10 Å². The van der Waals surface area contributed by atoms with Gasteiger partial charge in [-0.05, 0) is 24.3 Å². The molecule has 6 nitrogen and oxygen atoms in total. The fourth-order valence-corrected chi connectivity index (χ4v) is 3.65. The maximum Gasteiger partial charge on any atom is 0.256 e. The van der Waals surface area contributed by atoms with E-state index in [-0.39, 0.29) is 11.7 Å². The second-order valence-electron chi connectivity index (χ2n) is 6.48. The number of nitrogens with zero attached hydrogens (tertiary/aromatic N) is 3. The number of rotatable bonds is 4. The van der Waals surface area contributed by atoms with Gasteiger partial charge in [0.05, 0.1) is 23.2 Å². The molecule has 0 aliphatic carbocycles. The smallest absolute Gasteiger partial charge is 0.256 e. The van der Waals surface area contributed by atoms with Crippen LogP contribution in [0.4, 0.5) is 15.8 Å². The van der Waals surface area contributed by atoms with Crippen LogP contribution in [0.15, 0.2) is 48.5 Å². The van der Waals surface area contributed by atoms with Crippen LogP contribution in [0.25, 0.3) is 0 Å². The minimum Gasteiger partial charge on any atom is -0.366 e. The fourth-order valence-electron chi connectivity index (χ4n) is 3.14. The topological polar surface area (TPSA) is 60.9 Å². The van der Waals surface area contributed by atoms with Gasteiger partial charge in [-0.2, -0.15) is 0 Å². The van der Waals surface area contributed by atoms with Crippen molar-refractivity contribution in [1.82, 2.24) is 4.90 Å². The zero-order chi connectivity index (χ0) is 19.6. The van der Waals surface area contributed by atoms with Gasteiger partial charge in [0, 0.05) is 33.2 Å². The van der Waals surface area contributed by atoms with Crippen LogP contribution in [0.1, 0.15) is 10.4 Å². The molecule has 0 aromatic heterocycles. The average molecular weight is 391 g/mol. The molecule has 0 unspecified atom stereocenters. The number of amides is 1. The predicted octanol–water partition coefficient (Wildman–Crippen LogP) is 2.18. The van der Waals surface area contributed by atoms with Crippen LogP contribution in [0, 0.1) is 5.82 Å². The standard InChI is InChI=1S/C19H22FN3O3S/c1-21(27(2,25)26)17-9-5-3-7-15(17)19(24)23-13-11-22(12-14-23)18-10-6-4-8-16(18)20/h3-10H,11-14H2,1-2H3. The molecule has 1 aliphatic rings. The molecule has 0 bridgehead atoms. The SMILES string of the molecule is CN(c1ccccc1C(=O)N1CCN(c2ccccc2F)CC1)S(C)(=O)=O. The van der Waals surface area contributed by atoms with Gasteiger partial charge < -0.3 is 9.80 Å². The molecule has 0 spiro atoms.